The maximum atomic E-state index is 11.4. The van der Waals surface area contributed by atoms with Crippen molar-refractivity contribution in [2.75, 3.05) is 0 Å². The van der Waals surface area contributed by atoms with Crippen LogP contribution in [0.5, 0.6) is 0 Å². The molecule has 0 saturated carbocycles. The first-order chi connectivity index (χ1) is 40.3. The van der Waals surface area contributed by atoms with E-state index in [2.05, 4.69) is 65.8 Å². The molecule has 9 aromatic carbocycles. The molecule has 0 saturated heterocycles. The second-order valence-electron chi connectivity index (χ2n) is 19.8. The van der Waals surface area contributed by atoms with Gasteiger partial charge in [-0.15, -0.1) is 0 Å². The molecule has 0 amide bonds. The number of benzene rings is 9. The fourth-order valence-corrected chi connectivity index (χ4v) is 10.8. The zero-order chi connectivity index (χ0) is 58.2. The molecule has 0 aliphatic heterocycles. The highest BCUT2D eigenvalue weighted by Gasteiger charge is 2.26. The van der Waals surface area contributed by atoms with Gasteiger partial charge in [0.1, 0.15) is 0 Å². The largest absolute Gasteiger partial charge is 0.307 e. The van der Waals surface area contributed by atoms with E-state index in [0.717, 1.165) is 21.5 Å². The second-order valence-corrected chi connectivity index (χ2v) is 19.8. The lowest BCUT2D eigenvalue weighted by Gasteiger charge is -2.20. The van der Waals surface area contributed by atoms with E-state index in [0.29, 0.717) is 117 Å². The van der Waals surface area contributed by atoms with Gasteiger partial charge in [-0.3, -0.25) is 0 Å². The minimum absolute atomic E-state index is 0.198. The van der Waals surface area contributed by atoms with Crippen LogP contribution in [0.25, 0.3) is 99.5 Å². The number of nitrogens with zero attached hydrogens (tertiary/aromatic N) is 13. The Hall–Kier alpha value is -12.9. The number of allylic oxidation sites excluding steroid dienone is 1. The van der Waals surface area contributed by atoms with E-state index >= 15 is 0 Å². The van der Waals surface area contributed by atoms with Gasteiger partial charge in [-0.1, -0.05) is 79.4 Å². The third-order valence-corrected chi connectivity index (χ3v) is 14.4. The number of amidine groups is 1. The summed E-state index contributed by atoms with van der Waals surface area (Å²) in [5.41, 5.74) is 12.6. The van der Waals surface area contributed by atoms with Crippen LogP contribution in [0.3, 0.4) is 0 Å². The number of nitriles is 9. The third kappa shape index (κ3) is 9.07. The van der Waals surface area contributed by atoms with E-state index in [-0.39, 0.29) is 33.7 Å². The average Bonchev–Trinajstić information content (AvgIpc) is 2.52. The lowest BCUT2D eigenvalue weighted by Crippen LogP contribution is -2.10. The minimum Gasteiger partial charge on any atom is -0.307 e. The Morgan fingerprint density at radius 3 is 0.904 bits per heavy atom. The maximum absolute atomic E-state index is 11.4. The molecule has 0 spiro atoms. The molecule has 83 heavy (non-hydrogen) atoms. The topological polar surface area (TPSA) is 249 Å². The van der Waals surface area contributed by atoms with Gasteiger partial charge < -0.3 is 9.13 Å². The van der Waals surface area contributed by atoms with Gasteiger partial charge in [-0.2, -0.15) is 47.4 Å². The summed E-state index contributed by atoms with van der Waals surface area (Å²) in [7, 11) is 0. The molecular formula is C70H37N13. The van der Waals surface area contributed by atoms with Crippen molar-refractivity contribution in [3.05, 3.63) is 226 Å². The number of aromatic nitrogens is 2. The molecule has 11 rings (SSSR count). The number of fused-ring (bicyclic) bond motifs is 6. The molecule has 13 nitrogen and oxygen atoms in total. The summed E-state index contributed by atoms with van der Waals surface area (Å²) in [6.45, 7) is 9.49. The standard InChI is InChI=1S/C70H37N13/c1-40(2)80-70(81-41(3)4)63-30-69(83-66-27-48(57-15-7-44(33-73)23-52(57)37-77)11-19-61(66)62-20-12-49(28-67(62)83)58-16-8-45(34-74)24-53(58)38-78)68(29-54(63)39-79)82-64-25-46(55-13-5-42(31-71)21-50(55)35-75)9-17-59(64)60-18-10-47(26-65(60)82)56-14-6-43(32-72)22-51(56)36-76/h5-30H,1H2,2-4H3. The third-order valence-electron chi connectivity index (χ3n) is 14.4. The Morgan fingerprint density at radius 1 is 0.337 bits per heavy atom. The molecule has 0 bridgehead atoms. The first-order valence-corrected chi connectivity index (χ1v) is 25.7. The van der Waals surface area contributed by atoms with E-state index in [1.165, 1.54) is 0 Å². The summed E-state index contributed by atoms with van der Waals surface area (Å²) in [4.78, 5) is 9.72. The van der Waals surface area contributed by atoms with E-state index in [1.807, 2.05) is 97.3 Å². The van der Waals surface area contributed by atoms with Crippen molar-refractivity contribution in [2.45, 2.75) is 20.8 Å². The van der Waals surface area contributed by atoms with Gasteiger partial charge in [0, 0.05) is 38.5 Å². The van der Waals surface area contributed by atoms with Crippen molar-refractivity contribution in [2.24, 2.45) is 9.98 Å². The van der Waals surface area contributed by atoms with Crippen molar-refractivity contribution in [1.29, 1.82) is 47.4 Å². The number of hydrogen-bond acceptors (Lipinski definition) is 10. The Bertz CT molecular complexity index is 4940. The van der Waals surface area contributed by atoms with Crippen LogP contribution in [0.2, 0.25) is 0 Å². The normalized spacial score (nSPS) is 10.8. The molecule has 0 atom stereocenters. The summed E-state index contributed by atoms with van der Waals surface area (Å²) in [6.07, 6.45) is 0. The van der Waals surface area contributed by atoms with Crippen LogP contribution in [0.1, 0.15) is 76.4 Å². The fourth-order valence-electron chi connectivity index (χ4n) is 10.8. The predicted octanol–water partition coefficient (Wildman–Crippen LogP) is 15.2. The summed E-state index contributed by atoms with van der Waals surface area (Å²) in [5, 5.41) is 96.0. The molecule has 2 heterocycles. The Morgan fingerprint density at radius 2 is 0.639 bits per heavy atom. The van der Waals surface area contributed by atoms with E-state index in [4.69, 9.17) is 9.98 Å². The van der Waals surface area contributed by atoms with Crippen molar-refractivity contribution < 1.29 is 0 Å². The van der Waals surface area contributed by atoms with Crippen molar-refractivity contribution in [3.63, 3.8) is 0 Å². The van der Waals surface area contributed by atoms with Crippen LogP contribution in [-0.4, -0.2) is 20.7 Å². The highest BCUT2D eigenvalue weighted by Crippen LogP contribution is 2.44. The van der Waals surface area contributed by atoms with Crippen LogP contribution in [-0.2, 0) is 0 Å². The van der Waals surface area contributed by atoms with Gasteiger partial charge in [0.25, 0.3) is 0 Å². The van der Waals surface area contributed by atoms with Crippen LogP contribution >= 0.6 is 0 Å². The molecule has 0 radical (unpaired) electrons. The first kappa shape index (κ1) is 52.1. The summed E-state index contributed by atoms with van der Waals surface area (Å²) < 4.78 is 4.11. The molecule has 0 aliphatic rings. The lowest BCUT2D eigenvalue weighted by molar-refractivity contribution is 1.09. The SMILES string of the molecule is C=C(C)N=C(N=C(C)C)c1cc(-n2c3cc(-c4ccc(C#N)cc4C#N)ccc3c3ccc(-c4ccc(C#N)cc4C#N)cc32)c(-n2c3cc(-c4ccc(C#N)cc4C#N)ccc3c3ccc(-c4ccc(C#N)cc4C#N)cc32)cc1C#N. The number of rotatable bonds is 8. The van der Waals surface area contributed by atoms with Gasteiger partial charge in [0.15, 0.2) is 5.84 Å². The Labute approximate surface area is 476 Å². The van der Waals surface area contributed by atoms with E-state index in [1.54, 1.807) is 85.8 Å². The van der Waals surface area contributed by atoms with Gasteiger partial charge in [-0.05, 0) is 150 Å². The molecule has 0 unspecified atom stereocenters. The molecule has 2 aromatic heterocycles. The zero-order valence-corrected chi connectivity index (χ0v) is 44.5. The van der Waals surface area contributed by atoms with Crippen molar-refractivity contribution in [3.8, 4) is 111 Å². The molecule has 0 N–H and O–H groups in total. The number of aliphatic imine (C=N–C) groups is 2. The summed E-state index contributed by atoms with van der Waals surface area (Å²) in [6, 6.07) is 67.1. The maximum Gasteiger partial charge on any atom is 0.160 e. The Balaban J connectivity index is 1.36. The fraction of sp³-hybridized carbons (Fsp3) is 0.0429. The molecule has 11 aromatic rings. The van der Waals surface area contributed by atoms with Crippen molar-refractivity contribution in [1.82, 2.24) is 9.13 Å². The Kier molecular flexibility index (Phi) is 13.3. The van der Waals surface area contributed by atoms with Crippen LogP contribution < -0.4 is 0 Å². The molecule has 382 valence electrons. The van der Waals surface area contributed by atoms with Crippen LogP contribution in [0.4, 0.5) is 0 Å². The van der Waals surface area contributed by atoms with Gasteiger partial charge in [0.05, 0.1) is 138 Å². The monoisotopic (exact) mass is 1060 g/mol. The highest BCUT2D eigenvalue weighted by molar-refractivity contribution is 6.15. The molecule has 13 heteroatoms. The molecule has 0 fully saturated rings. The summed E-state index contributed by atoms with van der Waals surface area (Å²) in [5.74, 6) is 0.220. The van der Waals surface area contributed by atoms with Gasteiger partial charge >= 0.3 is 0 Å². The minimum atomic E-state index is 0.198. The summed E-state index contributed by atoms with van der Waals surface area (Å²) >= 11 is 0. The van der Waals surface area contributed by atoms with Gasteiger partial charge in [0.2, 0.25) is 0 Å². The average molecular weight is 1060 g/mol. The van der Waals surface area contributed by atoms with Crippen LogP contribution in [0, 0.1) is 102 Å². The lowest BCUT2D eigenvalue weighted by atomic mass is 9.96. The number of hydrogen-bond donors (Lipinski definition) is 0. The van der Waals surface area contributed by atoms with E-state index in [9.17, 15) is 47.4 Å². The smallest absolute Gasteiger partial charge is 0.160 e. The van der Waals surface area contributed by atoms with Crippen LogP contribution in [0.15, 0.2) is 180 Å². The molecular weight excluding hydrogens is 1020 g/mol. The highest BCUT2D eigenvalue weighted by atomic mass is 15.1. The van der Waals surface area contributed by atoms with Crippen molar-refractivity contribution >= 4 is 55.2 Å². The first-order valence-electron chi connectivity index (χ1n) is 25.7. The molecule has 0 aliphatic carbocycles. The second kappa shape index (κ2) is 21.1. The van der Waals surface area contributed by atoms with E-state index < -0.39 is 0 Å². The zero-order valence-electron chi connectivity index (χ0n) is 44.5. The quantitative estimate of drug-likeness (QED) is 0.103. The van der Waals surface area contributed by atoms with Gasteiger partial charge in [-0.25, -0.2) is 9.98 Å². The predicted molar refractivity (Wildman–Crippen MR) is 319 cm³/mol.